The Balaban J connectivity index is 2.34. The summed E-state index contributed by atoms with van der Waals surface area (Å²) in [5, 5.41) is 0.0746. The lowest BCUT2D eigenvalue weighted by Gasteiger charge is -2.32. The number of hydrogen-bond donors (Lipinski definition) is 1. The fourth-order valence-electron chi connectivity index (χ4n) is 1.62. The highest BCUT2D eigenvalue weighted by Crippen LogP contribution is 2.08. The minimum Gasteiger partial charge on any atom is -0.375 e. The standard InChI is InChI=1S/C10H22N2O2S/c1-3-12-4-5-14-10(7-12)8-15(13)9(2)6-11/h9-10H,3-8,11H2,1-2H3. The second kappa shape index (κ2) is 6.58. The first-order valence-electron chi connectivity index (χ1n) is 5.58. The molecule has 1 heterocycles. The molecule has 0 aliphatic carbocycles. The van der Waals surface area contributed by atoms with Crippen molar-refractivity contribution in [1.29, 1.82) is 0 Å². The topological polar surface area (TPSA) is 55.6 Å². The van der Waals surface area contributed by atoms with Crippen molar-refractivity contribution in [3.8, 4) is 0 Å². The van der Waals surface area contributed by atoms with Crippen molar-refractivity contribution in [3.63, 3.8) is 0 Å². The summed E-state index contributed by atoms with van der Waals surface area (Å²) < 4.78 is 17.4. The fraction of sp³-hybridized carbons (Fsp3) is 1.00. The monoisotopic (exact) mass is 234 g/mol. The maximum absolute atomic E-state index is 11.8. The number of rotatable bonds is 5. The van der Waals surface area contributed by atoms with Crippen LogP contribution in [0, 0.1) is 0 Å². The van der Waals surface area contributed by atoms with Crippen molar-refractivity contribution in [2.24, 2.45) is 5.73 Å². The third kappa shape index (κ3) is 4.18. The molecule has 0 saturated carbocycles. The maximum Gasteiger partial charge on any atom is 0.0817 e. The quantitative estimate of drug-likeness (QED) is 0.716. The van der Waals surface area contributed by atoms with Gasteiger partial charge < -0.3 is 10.5 Å². The van der Waals surface area contributed by atoms with E-state index in [9.17, 15) is 4.21 Å². The zero-order chi connectivity index (χ0) is 11.3. The first-order valence-corrected chi connectivity index (χ1v) is 6.96. The molecule has 0 bridgehead atoms. The first kappa shape index (κ1) is 13.1. The van der Waals surface area contributed by atoms with E-state index in [1.807, 2.05) is 6.92 Å². The molecule has 0 radical (unpaired) electrons. The number of nitrogens with two attached hydrogens (primary N) is 1. The van der Waals surface area contributed by atoms with Gasteiger partial charge in [-0.25, -0.2) is 0 Å². The molecule has 1 aliphatic rings. The van der Waals surface area contributed by atoms with Crippen molar-refractivity contribution in [1.82, 2.24) is 4.90 Å². The van der Waals surface area contributed by atoms with E-state index in [4.69, 9.17) is 10.5 Å². The number of nitrogens with zero attached hydrogens (tertiary/aromatic N) is 1. The van der Waals surface area contributed by atoms with Crippen LogP contribution in [0.2, 0.25) is 0 Å². The molecule has 0 aromatic rings. The Bertz CT molecular complexity index is 214. The van der Waals surface area contributed by atoms with Gasteiger partial charge >= 0.3 is 0 Å². The lowest BCUT2D eigenvalue weighted by Crippen LogP contribution is -2.45. The predicted molar refractivity (Wildman–Crippen MR) is 63.4 cm³/mol. The van der Waals surface area contributed by atoms with Gasteiger partial charge in [-0.3, -0.25) is 9.11 Å². The average Bonchev–Trinajstić information content (AvgIpc) is 2.28. The van der Waals surface area contributed by atoms with Crippen LogP contribution in [0.5, 0.6) is 0 Å². The third-order valence-electron chi connectivity index (χ3n) is 2.80. The molecule has 15 heavy (non-hydrogen) atoms. The average molecular weight is 234 g/mol. The van der Waals surface area contributed by atoms with Crippen molar-refractivity contribution in [2.75, 3.05) is 38.5 Å². The van der Waals surface area contributed by atoms with Gasteiger partial charge in [-0.15, -0.1) is 0 Å². The van der Waals surface area contributed by atoms with Gasteiger partial charge in [0, 0.05) is 35.7 Å². The Morgan fingerprint density at radius 1 is 1.67 bits per heavy atom. The second-order valence-electron chi connectivity index (χ2n) is 3.98. The Labute approximate surface area is 94.6 Å². The highest BCUT2D eigenvalue weighted by atomic mass is 32.2. The van der Waals surface area contributed by atoms with Crippen LogP contribution < -0.4 is 5.73 Å². The predicted octanol–water partition coefficient (Wildman–Crippen LogP) is -0.197. The minimum atomic E-state index is -0.856. The molecular weight excluding hydrogens is 212 g/mol. The van der Waals surface area contributed by atoms with Gasteiger partial charge in [-0.2, -0.15) is 0 Å². The van der Waals surface area contributed by atoms with Gasteiger partial charge in [0.1, 0.15) is 0 Å². The number of hydrogen-bond acceptors (Lipinski definition) is 4. The molecule has 90 valence electrons. The molecule has 3 unspecified atom stereocenters. The largest absolute Gasteiger partial charge is 0.375 e. The fourth-order valence-corrected chi connectivity index (χ4v) is 2.73. The SMILES string of the molecule is CCN1CCOC(CS(=O)C(C)CN)C1. The summed E-state index contributed by atoms with van der Waals surface area (Å²) in [7, 11) is -0.856. The van der Waals surface area contributed by atoms with Crippen LogP contribution in [-0.4, -0.2) is 59.0 Å². The van der Waals surface area contributed by atoms with Crippen LogP contribution in [0.25, 0.3) is 0 Å². The van der Waals surface area contributed by atoms with Crippen LogP contribution in [0.1, 0.15) is 13.8 Å². The van der Waals surface area contributed by atoms with E-state index >= 15 is 0 Å². The van der Waals surface area contributed by atoms with Crippen LogP contribution in [0.4, 0.5) is 0 Å². The van der Waals surface area contributed by atoms with Crippen molar-refractivity contribution >= 4 is 10.8 Å². The number of ether oxygens (including phenoxy) is 1. The third-order valence-corrected chi connectivity index (χ3v) is 4.59. The highest BCUT2D eigenvalue weighted by molar-refractivity contribution is 7.85. The number of likely N-dealkylation sites (N-methyl/N-ethyl adjacent to an activating group) is 1. The molecule has 1 fully saturated rings. The summed E-state index contributed by atoms with van der Waals surface area (Å²) in [6.45, 7) is 8.24. The van der Waals surface area contributed by atoms with Crippen LogP contribution in [0.3, 0.4) is 0 Å². The van der Waals surface area contributed by atoms with Gasteiger partial charge in [0.05, 0.1) is 18.5 Å². The molecule has 1 rings (SSSR count). The smallest absolute Gasteiger partial charge is 0.0817 e. The number of morpholine rings is 1. The second-order valence-corrected chi connectivity index (χ2v) is 5.88. The Morgan fingerprint density at radius 2 is 2.40 bits per heavy atom. The van der Waals surface area contributed by atoms with Crippen molar-refractivity contribution in [2.45, 2.75) is 25.2 Å². The van der Waals surface area contributed by atoms with E-state index in [0.717, 1.165) is 26.2 Å². The summed E-state index contributed by atoms with van der Waals surface area (Å²) in [5.41, 5.74) is 5.49. The summed E-state index contributed by atoms with van der Waals surface area (Å²) in [4.78, 5) is 2.33. The summed E-state index contributed by atoms with van der Waals surface area (Å²) in [6.07, 6.45) is 0.119. The molecule has 0 spiro atoms. The normalized spacial score (nSPS) is 27.5. The molecular formula is C10H22N2O2S. The van der Waals surface area contributed by atoms with Gasteiger partial charge in [0.25, 0.3) is 0 Å². The molecule has 4 nitrogen and oxygen atoms in total. The van der Waals surface area contributed by atoms with E-state index in [1.54, 1.807) is 0 Å². The molecule has 3 atom stereocenters. The molecule has 1 aliphatic heterocycles. The molecule has 2 N–H and O–H groups in total. The molecule has 5 heteroatoms. The van der Waals surface area contributed by atoms with Crippen LogP contribution >= 0.6 is 0 Å². The summed E-state index contributed by atoms with van der Waals surface area (Å²) in [6, 6.07) is 0. The minimum absolute atomic E-state index is 0.0746. The Hall–Kier alpha value is 0.0300. The van der Waals surface area contributed by atoms with Gasteiger partial charge in [-0.05, 0) is 13.5 Å². The van der Waals surface area contributed by atoms with Gasteiger partial charge in [0.2, 0.25) is 0 Å². The Kier molecular flexibility index (Phi) is 5.74. The molecule has 0 amide bonds. The maximum atomic E-state index is 11.8. The van der Waals surface area contributed by atoms with E-state index < -0.39 is 10.8 Å². The van der Waals surface area contributed by atoms with E-state index in [-0.39, 0.29) is 11.4 Å². The lowest BCUT2D eigenvalue weighted by molar-refractivity contribution is -0.0141. The highest BCUT2D eigenvalue weighted by Gasteiger charge is 2.22. The molecule has 1 saturated heterocycles. The van der Waals surface area contributed by atoms with Crippen LogP contribution in [-0.2, 0) is 15.5 Å². The molecule has 0 aromatic carbocycles. The van der Waals surface area contributed by atoms with Crippen LogP contribution in [0.15, 0.2) is 0 Å². The summed E-state index contributed by atoms with van der Waals surface area (Å²) >= 11 is 0. The first-order chi connectivity index (χ1) is 7.17. The summed E-state index contributed by atoms with van der Waals surface area (Å²) in [5.74, 6) is 0.620. The molecule has 0 aromatic heterocycles. The van der Waals surface area contributed by atoms with E-state index in [0.29, 0.717) is 12.3 Å². The van der Waals surface area contributed by atoms with Crippen molar-refractivity contribution in [3.05, 3.63) is 0 Å². The van der Waals surface area contributed by atoms with E-state index in [2.05, 4.69) is 11.8 Å². The Morgan fingerprint density at radius 3 is 3.00 bits per heavy atom. The van der Waals surface area contributed by atoms with Gasteiger partial charge in [0.15, 0.2) is 0 Å². The zero-order valence-electron chi connectivity index (χ0n) is 9.65. The zero-order valence-corrected chi connectivity index (χ0v) is 10.5. The van der Waals surface area contributed by atoms with Gasteiger partial charge in [-0.1, -0.05) is 6.92 Å². The lowest BCUT2D eigenvalue weighted by atomic mass is 10.3. The van der Waals surface area contributed by atoms with Crippen molar-refractivity contribution < 1.29 is 8.95 Å². The van der Waals surface area contributed by atoms with E-state index in [1.165, 1.54) is 0 Å².